The van der Waals surface area contributed by atoms with Crippen molar-refractivity contribution in [2.75, 3.05) is 29.8 Å². The molecule has 0 saturated carbocycles. The third-order valence-corrected chi connectivity index (χ3v) is 6.12. The van der Waals surface area contributed by atoms with Crippen LogP contribution < -0.4 is 14.4 Å². The number of hydrogen-bond acceptors (Lipinski definition) is 7. The minimum atomic E-state index is -5.08. The SMILES string of the molecule is COc1ccc(Cl)cc1S(=O)(=O)Nc1cnc(N(CC(C)C)CC(C)C)c(C(=O)O)c1.O=C(O)C(F)(F)F. The highest BCUT2D eigenvalue weighted by molar-refractivity contribution is 7.92. The Hall–Kier alpha value is -3.26. The van der Waals surface area contributed by atoms with Crippen molar-refractivity contribution < 1.29 is 46.1 Å². The molecule has 1 heterocycles. The summed E-state index contributed by atoms with van der Waals surface area (Å²) in [5.41, 5.74) is -0.0585. The summed E-state index contributed by atoms with van der Waals surface area (Å²) in [5, 5.41) is 17.1. The Labute approximate surface area is 223 Å². The third kappa shape index (κ3) is 9.89. The predicted molar refractivity (Wildman–Crippen MR) is 136 cm³/mol. The Balaban J connectivity index is 0.000000905. The monoisotopic (exact) mass is 583 g/mol. The molecular weight excluding hydrogens is 555 g/mol. The fourth-order valence-electron chi connectivity index (χ4n) is 3.12. The van der Waals surface area contributed by atoms with Gasteiger partial charge in [-0.2, -0.15) is 13.2 Å². The number of carboxylic acid groups (broad SMARTS) is 2. The van der Waals surface area contributed by atoms with Crippen molar-refractivity contribution in [3.63, 3.8) is 0 Å². The first-order valence-corrected chi connectivity index (χ1v) is 12.9. The van der Waals surface area contributed by atoms with Gasteiger partial charge in [-0.15, -0.1) is 0 Å². The molecule has 38 heavy (non-hydrogen) atoms. The number of carbonyl (C=O) groups is 2. The molecule has 0 radical (unpaired) electrons. The highest BCUT2D eigenvalue weighted by atomic mass is 35.5. The van der Waals surface area contributed by atoms with Gasteiger partial charge in [0.15, 0.2) is 0 Å². The number of sulfonamides is 1. The lowest BCUT2D eigenvalue weighted by molar-refractivity contribution is -0.192. The number of methoxy groups -OCH3 is 1. The van der Waals surface area contributed by atoms with Gasteiger partial charge in [0.25, 0.3) is 10.0 Å². The summed E-state index contributed by atoms with van der Waals surface area (Å²) in [7, 11) is -2.75. The van der Waals surface area contributed by atoms with E-state index in [9.17, 15) is 31.5 Å². The van der Waals surface area contributed by atoms with E-state index in [4.69, 9.17) is 26.2 Å². The summed E-state index contributed by atoms with van der Waals surface area (Å²) in [4.78, 5) is 26.9. The maximum absolute atomic E-state index is 12.9. The van der Waals surface area contributed by atoms with Crippen molar-refractivity contribution >= 4 is 45.1 Å². The smallest absolute Gasteiger partial charge is 0.490 e. The average molecular weight is 584 g/mol. The second-order valence-corrected chi connectivity index (χ2v) is 10.9. The summed E-state index contributed by atoms with van der Waals surface area (Å²) >= 11 is 5.94. The fraction of sp³-hybridized carbons (Fsp3) is 0.435. The molecule has 1 aromatic carbocycles. The molecule has 10 nitrogen and oxygen atoms in total. The summed E-state index contributed by atoms with van der Waals surface area (Å²) < 4.78 is 65.0. The van der Waals surface area contributed by atoms with Crippen molar-refractivity contribution in [3.8, 4) is 5.75 Å². The van der Waals surface area contributed by atoms with Crippen LogP contribution in [0.15, 0.2) is 35.4 Å². The molecule has 1 aromatic heterocycles. The lowest BCUT2D eigenvalue weighted by atomic mass is 10.1. The topological polar surface area (TPSA) is 146 Å². The Bertz CT molecular complexity index is 1230. The molecule has 0 unspecified atom stereocenters. The van der Waals surface area contributed by atoms with Gasteiger partial charge in [-0.05, 0) is 36.1 Å². The highest BCUT2D eigenvalue weighted by Crippen LogP contribution is 2.30. The number of anilines is 2. The number of aliphatic carboxylic acids is 1. The molecule has 0 amide bonds. The zero-order valence-electron chi connectivity index (χ0n) is 21.2. The maximum atomic E-state index is 12.9. The first-order chi connectivity index (χ1) is 17.4. The molecule has 0 aliphatic carbocycles. The van der Waals surface area contributed by atoms with Crippen LogP contribution in [-0.4, -0.2) is 61.9 Å². The van der Waals surface area contributed by atoms with Crippen LogP contribution in [0.4, 0.5) is 24.7 Å². The van der Waals surface area contributed by atoms with E-state index in [-0.39, 0.29) is 38.8 Å². The molecule has 0 aliphatic heterocycles. The number of hydrogen-bond donors (Lipinski definition) is 3. The molecule has 15 heteroatoms. The van der Waals surface area contributed by atoms with Crippen molar-refractivity contribution in [2.45, 2.75) is 38.8 Å². The number of nitrogens with one attached hydrogen (secondary N) is 1. The van der Waals surface area contributed by atoms with E-state index >= 15 is 0 Å². The van der Waals surface area contributed by atoms with E-state index in [0.29, 0.717) is 18.9 Å². The zero-order valence-corrected chi connectivity index (χ0v) is 22.8. The van der Waals surface area contributed by atoms with Crippen LogP contribution in [-0.2, 0) is 14.8 Å². The molecule has 2 aromatic rings. The zero-order chi connectivity index (χ0) is 29.4. The molecule has 0 atom stereocenters. The van der Waals surface area contributed by atoms with Crippen LogP contribution in [0.25, 0.3) is 0 Å². The Morgan fingerprint density at radius 2 is 1.63 bits per heavy atom. The number of nitrogens with zero attached hydrogens (tertiary/aromatic N) is 2. The lowest BCUT2D eigenvalue weighted by Gasteiger charge is -2.28. The van der Waals surface area contributed by atoms with Crippen LogP contribution in [0.3, 0.4) is 0 Å². The lowest BCUT2D eigenvalue weighted by Crippen LogP contribution is -2.33. The number of pyridine rings is 1. The molecule has 0 fully saturated rings. The normalized spacial score (nSPS) is 11.6. The van der Waals surface area contributed by atoms with Gasteiger partial charge in [0, 0.05) is 18.1 Å². The van der Waals surface area contributed by atoms with Gasteiger partial charge < -0.3 is 19.8 Å². The number of alkyl halides is 3. The van der Waals surface area contributed by atoms with Crippen LogP contribution in [0, 0.1) is 11.8 Å². The number of aromatic nitrogens is 1. The van der Waals surface area contributed by atoms with Gasteiger partial charge >= 0.3 is 18.1 Å². The predicted octanol–water partition coefficient (Wildman–Crippen LogP) is 4.99. The third-order valence-electron chi connectivity index (χ3n) is 4.48. The van der Waals surface area contributed by atoms with Crippen LogP contribution in [0.1, 0.15) is 38.1 Å². The van der Waals surface area contributed by atoms with Crippen molar-refractivity contribution in [1.82, 2.24) is 4.98 Å². The van der Waals surface area contributed by atoms with E-state index in [1.807, 2.05) is 32.6 Å². The molecule has 0 saturated heterocycles. The molecule has 0 spiro atoms. The summed E-state index contributed by atoms with van der Waals surface area (Å²) in [5.74, 6) is -2.96. The van der Waals surface area contributed by atoms with E-state index in [1.165, 1.54) is 37.6 Å². The van der Waals surface area contributed by atoms with Gasteiger partial charge in [0.1, 0.15) is 22.0 Å². The second kappa shape index (κ2) is 13.5. The van der Waals surface area contributed by atoms with E-state index in [2.05, 4.69) is 9.71 Å². The fourth-order valence-corrected chi connectivity index (χ4v) is 4.59. The minimum absolute atomic E-state index is 0.0252. The highest BCUT2D eigenvalue weighted by Gasteiger charge is 2.38. The maximum Gasteiger partial charge on any atom is 0.490 e. The molecule has 212 valence electrons. The van der Waals surface area contributed by atoms with E-state index < -0.39 is 28.1 Å². The summed E-state index contributed by atoms with van der Waals surface area (Å²) in [6.07, 6.45) is -3.77. The number of ether oxygens (including phenoxy) is 1. The van der Waals surface area contributed by atoms with Crippen molar-refractivity contribution in [1.29, 1.82) is 0 Å². The Morgan fingerprint density at radius 1 is 1.11 bits per heavy atom. The second-order valence-electron chi connectivity index (χ2n) is 8.80. The van der Waals surface area contributed by atoms with Crippen molar-refractivity contribution in [3.05, 3.63) is 41.0 Å². The first-order valence-electron chi connectivity index (χ1n) is 11.0. The first kappa shape index (κ1) is 32.8. The molecule has 0 bridgehead atoms. The molecular formula is C23H29ClF3N3O7S. The molecule has 3 N–H and O–H groups in total. The van der Waals surface area contributed by atoms with Gasteiger partial charge in [-0.3, -0.25) is 4.72 Å². The van der Waals surface area contributed by atoms with Gasteiger partial charge in [0.2, 0.25) is 0 Å². The van der Waals surface area contributed by atoms with Gasteiger partial charge in [-0.1, -0.05) is 39.3 Å². The molecule has 0 aliphatic rings. The van der Waals surface area contributed by atoms with Gasteiger partial charge in [-0.25, -0.2) is 23.0 Å². The Kier molecular flexibility index (Phi) is 11.7. The van der Waals surface area contributed by atoms with E-state index in [1.54, 1.807) is 0 Å². The number of halogens is 4. The Morgan fingerprint density at radius 3 is 2.05 bits per heavy atom. The van der Waals surface area contributed by atoms with Crippen LogP contribution in [0.2, 0.25) is 5.02 Å². The van der Waals surface area contributed by atoms with Gasteiger partial charge in [0.05, 0.1) is 19.0 Å². The minimum Gasteiger partial charge on any atom is -0.495 e. The summed E-state index contributed by atoms with van der Waals surface area (Å²) in [6, 6.07) is 5.48. The number of aromatic carboxylic acids is 1. The quantitative estimate of drug-likeness (QED) is 0.352. The standard InChI is InChI=1S/C21H28ClN3O5S.C2HF3O2/c1-13(2)11-25(12-14(3)4)20-17(21(26)27)9-16(10-23-20)24-31(28,29)19-8-15(22)6-7-18(19)30-5;3-2(4,5)1(6)7/h6-10,13-14,24H,11-12H2,1-5H3,(H,26,27);(H,6,7). The van der Waals surface area contributed by atoms with Crippen LogP contribution in [0.5, 0.6) is 5.75 Å². The van der Waals surface area contributed by atoms with Crippen molar-refractivity contribution in [2.24, 2.45) is 11.8 Å². The number of benzene rings is 1. The van der Waals surface area contributed by atoms with E-state index in [0.717, 1.165) is 0 Å². The van der Waals surface area contributed by atoms with Crippen LogP contribution >= 0.6 is 11.6 Å². The number of carboxylic acids is 2. The average Bonchev–Trinajstić information content (AvgIpc) is 2.77. The largest absolute Gasteiger partial charge is 0.495 e. The molecule has 2 rings (SSSR count). The summed E-state index contributed by atoms with van der Waals surface area (Å²) in [6.45, 7) is 9.39. The number of rotatable bonds is 10.